The van der Waals surface area contributed by atoms with E-state index >= 15 is 0 Å². The molecular weight excluding hydrogens is 299 g/mol. The van der Waals surface area contributed by atoms with Crippen molar-refractivity contribution < 1.29 is 0 Å². The molecular formula is C12H19IN2. The van der Waals surface area contributed by atoms with Gasteiger partial charge in [0.25, 0.3) is 0 Å². The second-order valence-electron chi connectivity index (χ2n) is 4.32. The van der Waals surface area contributed by atoms with Crippen molar-refractivity contribution in [3.8, 4) is 0 Å². The summed E-state index contributed by atoms with van der Waals surface area (Å²) in [5.74, 6) is 1.25. The van der Waals surface area contributed by atoms with Gasteiger partial charge < -0.3 is 0 Å². The summed E-state index contributed by atoms with van der Waals surface area (Å²) in [6.07, 6.45) is 10.3. The standard InChI is InChI=1S/C12H19IN2/c1-2-12-14-10-8-6-4-3-5-7-9-11(10)15(12)13/h2-9H2,1H3. The lowest BCUT2D eigenvalue weighted by atomic mass is 10.1. The predicted molar refractivity (Wildman–Crippen MR) is 71.5 cm³/mol. The Morgan fingerprint density at radius 3 is 2.53 bits per heavy atom. The predicted octanol–water partition coefficient (Wildman–Crippen LogP) is 3.69. The number of imidazole rings is 1. The molecule has 3 heteroatoms. The van der Waals surface area contributed by atoms with Gasteiger partial charge in [-0.25, -0.2) is 4.98 Å². The first-order valence-corrected chi connectivity index (χ1v) is 7.05. The van der Waals surface area contributed by atoms with Crippen molar-refractivity contribution in [2.75, 3.05) is 0 Å². The normalized spacial score (nSPS) is 17.7. The SMILES string of the molecule is CCc1nc2c(n1I)CCCCCCC2. The van der Waals surface area contributed by atoms with E-state index in [4.69, 9.17) is 4.98 Å². The lowest BCUT2D eigenvalue weighted by Crippen LogP contribution is -1.96. The highest BCUT2D eigenvalue weighted by Gasteiger charge is 2.15. The van der Waals surface area contributed by atoms with Crippen molar-refractivity contribution in [1.29, 1.82) is 0 Å². The molecule has 1 aromatic rings. The Bertz CT molecular complexity index is 331. The van der Waals surface area contributed by atoms with Gasteiger partial charge in [-0.3, -0.25) is 2.78 Å². The molecule has 0 saturated carbocycles. The maximum atomic E-state index is 4.77. The minimum atomic E-state index is 1.05. The van der Waals surface area contributed by atoms with Gasteiger partial charge in [0.05, 0.1) is 34.3 Å². The minimum absolute atomic E-state index is 1.05. The molecule has 2 nitrogen and oxygen atoms in total. The molecule has 0 radical (unpaired) electrons. The average Bonchev–Trinajstić information content (AvgIpc) is 2.59. The Balaban J connectivity index is 2.27. The van der Waals surface area contributed by atoms with Crippen LogP contribution >= 0.6 is 22.9 Å². The van der Waals surface area contributed by atoms with Gasteiger partial charge in [0, 0.05) is 6.42 Å². The summed E-state index contributed by atoms with van der Waals surface area (Å²) in [6.45, 7) is 2.19. The molecule has 0 aliphatic heterocycles. The smallest absolute Gasteiger partial charge is 0.117 e. The van der Waals surface area contributed by atoms with Crippen molar-refractivity contribution >= 4 is 22.9 Å². The van der Waals surface area contributed by atoms with Crippen molar-refractivity contribution in [1.82, 2.24) is 7.76 Å². The summed E-state index contributed by atoms with van der Waals surface area (Å²) in [7, 11) is 0. The van der Waals surface area contributed by atoms with Crippen LogP contribution in [0.4, 0.5) is 0 Å². The van der Waals surface area contributed by atoms with Gasteiger partial charge in [0.15, 0.2) is 0 Å². The van der Waals surface area contributed by atoms with Gasteiger partial charge in [0.2, 0.25) is 0 Å². The van der Waals surface area contributed by atoms with Crippen molar-refractivity contribution in [2.45, 2.75) is 58.3 Å². The third-order valence-electron chi connectivity index (χ3n) is 3.20. The highest BCUT2D eigenvalue weighted by atomic mass is 127. The first-order valence-electron chi connectivity index (χ1n) is 6.08. The number of aryl methyl sites for hydroxylation is 2. The van der Waals surface area contributed by atoms with Crippen LogP contribution < -0.4 is 0 Å². The molecule has 1 aliphatic rings. The molecule has 0 unspecified atom stereocenters. The highest BCUT2D eigenvalue weighted by molar-refractivity contribution is 14.1. The quantitative estimate of drug-likeness (QED) is 0.722. The van der Waals surface area contributed by atoms with E-state index in [2.05, 4.69) is 32.6 Å². The highest BCUT2D eigenvalue weighted by Crippen LogP contribution is 2.22. The molecule has 0 fully saturated rings. The minimum Gasteiger partial charge on any atom is -0.273 e. The van der Waals surface area contributed by atoms with Crippen LogP contribution in [0, 0.1) is 0 Å². The van der Waals surface area contributed by atoms with Crippen molar-refractivity contribution in [2.24, 2.45) is 0 Å². The molecule has 0 aromatic carbocycles. The largest absolute Gasteiger partial charge is 0.273 e. The molecule has 2 rings (SSSR count). The molecule has 84 valence electrons. The molecule has 0 amide bonds. The van der Waals surface area contributed by atoms with Gasteiger partial charge in [-0.05, 0) is 25.7 Å². The molecule has 1 aliphatic carbocycles. The van der Waals surface area contributed by atoms with Gasteiger partial charge >= 0.3 is 0 Å². The van der Waals surface area contributed by atoms with Crippen LogP contribution in [0.15, 0.2) is 0 Å². The molecule has 0 saturated heterocycles. The summed E-state index contributed by atoms with van der Waals surface area (Å²) >= 11 is 2.42. The number of hydrogen-bond acceptors (Lipinski definition) is 1. The Kier molecular flexibility index (Phi) is 4.05. The lowest BCUT2D eigenvalue weighted by Gasteiger charge is -2.03. The maximum absolute atomic E-state index is 4.77. The van der Waals surface area contributed by atoms with Gasteiger partial charge in [-0.2, -0.15) is 0 Å². The average molecular weight is 318 g/mol. The summed E-state index contributed by atoms with van der Waals surface area (Å²) in [4.78, 5) is 4.77. The molecule has 15 heavy (non-hydrogen) atoms. The van der Waals surface area contributed by atoms with E-state index < -0.39 is 0 Å². The molecule has 1 aromatic heterocycles. The number of nitrogens with zero attached hydrogens (tertiary/aromatic N) is 2. The van der Waals surface area contributed by atoms with E-state index in [1.165, 1.54) is 62.2 Å². The van der Waals surface area contributed by atoms with E-state index in [9.17, 15) is 0 Å². The van der Waals surface area contributed by atoms with Crippen molar-refractivity contribution in [3.05, 3.63) is 17.2 Å². The van der Waals surface area contributed by atoms with Crippen LogP contribution in [0.5, 0.6) is 0 Å². The Morgan fingerprint density at radius 2 is 1.80 bits per heavy atom. The third kappa shape index (κ3) is 2.55. The van der Waals surface area contributed by atoms with Crippen LogP contribution in [0.2, 0.25) is 0 Å². The molecule has 0 atom stereocenters. The lowest BCUT2D eigenvalue weighted by molar-refractivity contribution is 0.624. The number of hydrogen-bond donors (Lipinski definition) is 0. The zero-order valence-corrected chi connectivity index (χ0v) is 11.6. The van der Waals surface area contributed by atoms with E-state index in [0.29, 0.717) is 0 Å². The number of halogens is 1. The number of fused-ring (bicyclic) bond motifs is 1. The van der Waals surface area contributed by atoms with E-state index in [0.717, 1.165) is 6.42 Å². The maximum Gasteiger partial charge on any atom is 0.117 e. The molecule has 0 spiro atoms. The molecule has 0 N–H and O–H groups in total. The fraction of sp³-hybridized carbons (Fsp3) is 0.750. The Labute approximate surface area is 106 Å². The second-order valence-corrected chi connectivity index (χ2v) is 5.29. The number of rotatable bonds is 1. The number of aromatic nitrogens is 2. The van der Waals surface area contributed by atoms with Gasteiger partial charge in [0.1, 0.15) is 5.82 Å². The zero-order valence-electron chi connectivity index (χ0n) is 9.43. The van der Waals surface area contributed by atoms with E-state index in [1.54, 1.807) is 0 Å². The Hall–Kier alpha value is -0.0600. The van der Waals surface area contributed by atoms with Crippen LogP contribution in [0.25, 0.3) is 0 Å². The van der Waals surface area contributed by atoms with E-state index in [1.807, 2.05) is 0 Å². The van der Waals surface area contributed by atoms with Crippen LogP contribution in [-0.2, 0) is 19.3 Å². The van der Waals surface area contributed by atoms with Gasteiger partial charge in [-0.15, -0.1) is 0 Å². The summed E-state index contributed by atoms with van der Waals surface area (Å²) < 4.78 is 2.30. The summed E-state index contributed by atoms with van der Waals surface area (Å²) in [5.41, 5.74) is 2.87. The fourth-order valence-corrected chi connectivity index (χ4v) is 3.28. The first-order chi connectivity index (χ1) is 7.33. The van der Waals surface area contributed by atoms with E-state index in [-0.39, 0.29) is 0 Å². The fourth-order valence-electron chi connectivity index (χ4n) is 2.31. The zero-order chi connectivity index (χ0) is 10.7. The monoisotopic (exact) mass is 318 g/mol. The van der Waals surface area contributed by atoms with Crippen LogP contribution in [0.3, 0.4) is 0 Å². The molecule has 1 heterocycles. The second kappa shape index (κ2) is 5.32. The van der Waals surface area contributed by atoms with Crippen molar-refractivity contribution in [3.63, 3.8) is 0 Å². The third-order valence-corrected chi connectivity index (χ3v) is 4.34. The van der Waals surface area contributed by atoms with Gasteiger partial charge in [-0.1, -0.05) is 26.2 Å². The van der Waals surface area contributed by atoms with Crippen LogP contribution in [-0.4, -0.2) is 7.76 Å². The van der Waals surface area contributed by atoms with Crippen LogP contribution in [0.1, 0.15) is 56.2 Å². The summed E-state index contributed by atoms with van der Waals surface area (Å²) in [6, 6.07) is 0. The summed E-state index contributed by atoms with van der Waals surface area (Å²) in [5, 5.41) is 0. The topological polar surface area (TPSA) is 17.8 Å². The Morgan fingerprint density at radius 1 is 1.13 bits per heavy atom. The molecule has 0 bridgehead atoms. The first kappa shape index (κ1) is 11.4.